The SMILES string of the molecule is CCN(C)c1ccc(CN(C)CC(=O)N2CCNCC2)cn1.Cl. The van der Waals surface area contributed by atoms with Gasteiger partial charge >= 0.3 is 0 Å². The zero-order valence-electron chi connectivity index (χ0n) is 14.3. The number of likely N-dealkylation sites (N-methyl/N-ethyl adjacent to an activating group) is 1. The maximum Gasteiger partial charge on any atom is 0.236 e. The van der Waals surface area contributed by atoms with Gasteiger partial charge in [-0.1, -0.05) is 6.07 Å². The average Bonchev–Trinajstić information content (AvgIpc) is 2.55. The minimum Gasteiger partial charge on any atom is -0.360 e. The fourth-order valence-corrected chi connectivity index (χ4v) is 2.51. The van der Waals surface area contributed by atoms with Crippen LogP contribution < -0.4 is 10.2 Å². The summed E-state index contributed by atoms with van der Waals surface area (Å²) < 4.78 is 0. The van der Waals surface area contributed by atoms with Gasteiger partial charge in [0.05, 0.1) is 6.54 Å². The minimum atomic E-state index is 0. The number of anilines is 1. The van der Waals surface area contributed by atoms with E-state index in [1.54, 1.807) is 0 Å². The predicted molar refractivity (Wildman–Crippen MR) is 96.2 cm³/mol. The van der Waals surface area contributed by atoms with Crippen molar-refractivity contribution in [2.24, 2.45) is 0 Å². The Labute approximate surface area is 145 Å². The first-order chi connectivity index (χ1) is 10.6. The molecule has 1 aliphatic heterocycles. The number of rotatable bonds is 6. The van der Waals surface area contributed by atoms with Crippen LogP contribution in [0.2, 0.25) is 0 Å². The summed E-state index contributed by atoms with van der Waals surface area (Å²) in [5.74, 6) is 1.19. The van der Waals surface area contributed by atoms with Crippen molar-refractivity contribution >= 4 is 24.1 Å². The van der Waals surface area contributed by atoms with Crippen molar-refractivity contribution in [3.05, 3.63) is 23.9 Å². The van der Waals surface area contributed by atoms with Gasteiger partial charge in [0, 0.05) is 52.5 Å². The summed E-state index contributed by atoms with van der Waals surface area (Å²) in [4.78, 5) is 22.8. The molecule has 1 saturated heterocycles. The highest BCUT2D eigenvalue weighted by Gasteiger charge is 2.17. The molecule has 0 aliphatic carbocycles. The van der Waals surface area contributed by atoms with E-state index in [1.165, 1.54) is 0 Å². The van der Waals surface area contributed by atoms with Gasteiger partial charge in [-0.05, 0) is 25.6 Å². The van der Waals surface area contributed by atoms with E-state index < -0.39 is 0 Å². The zero-order valence-corrected chi connectivity index (χ0v) is 15.1. The Morgan fingerprint density at radius 2 is 2.00 bits per heavy atom. The molecule has 0 bridgehead atoms. The molecule has 1 aliphatic rings. The van der Waals surface area contributed by atoms with Crippen molar-refractivity contribution < 1.29 is 4.79 Å². The largest absolute Gasteiger partial charge is 0.360 e. The van der Waals surface area contributed by atoms with Crippen molar-refractivity contribution in [2.45, 2.75) is 13.5 Å². The second kappa shape index (κ2) is 9.70. The first-order valence-electron chi connectivity index (χ1n) is 7.93. The molecule has 1 aromatic rings. The zero-order chi connectivity index (χ0) is 15.9. The lowest BCUT2D eigenvalue weighted by Crippen LogP contribution is -2.49. The number of hydrogen-bond donors (Lipinski definition) is 1. The van der Waals surface area contributed by atoms with Gasteiger partial charge in [0.25, 0.3) is 0 Å². The lowest BCUT2D eigenvalue weighted by Gasteiger charge is -2.29. The number of carbonyl (C=O) groups is 1. The van der Waals surface area contributed by atoms with Gasteiger partial charge in [0.1, 0.15) is 5.82 Å². The maximum absolute atomic E-state index is 12.2. The summed E-state index contributed by atoms with van der Waals surface area (Å²) in [7, 11) is 4.01. The monoisotopic (exact) mass is 341 g/mol. The van der Waals surface area contributed by atoms with Crippen LogP contribution in [0.5, 0.6) is 0 Å². The Balaban J connectivity index is 0.00000264. The van der Waals surface area contributed by atoms with Gasteiger partial charge in [-0.15, -0.1) is 12.4 Å². The molecule has 2 heterocycles. The Morgan fingerprint density at radius 1 is 1.30 bits per heavy atom. The molecule has 0 atom stereocenters. The molecule has 0 radical (unpaired) electrons. The van der Waals surface area contributed by atoms with E-state index in [2.05, 4.69) is 28.2 Å². The summed E-state index contributed by atoms with van der Waals surface area (Å²) in [5.41, 5.74) is 1.13. The van der Waals surface area contributed by atoms with Crippen molar-refractivity contribution in [3.8, 4) is 0 Å². The van der Waals surface area contributed by atoms with Crippen LogP contribution in [0.3, 0.4) is 0 Å². The third-order valence-corrected chi connectivity index (χ3v) is 4.00. The van der Waals surface area contributed by atoms with E-state index in [9.17, 15) is 4.79 Å². The number of carbonyl (C=O) groups excluding carboxylic acids is 1. The topological polar surface area (TPSA) is 51.7 Å². The number of nitrogens with zero attached hydrogens (tertiary/aromatic N) is 4. The summed E-state index contributed by atoms with van der Waals surface area (Å²) in [6.07, 6.45) is 1.90. The summed E-state index contributed by atoms with van der Waals surface area (Å²) in [6, 6.07) is 4.12. The fourth-order valence-electron chi connectivity index (χ4n) is 2.51. The second-order valence-electron chi connectivity index (χ2n) is 5.84. The van der Waals surface area contributed by atoms with E-state index in [0.29, 0.717) is 6.54 Å². The predicted octanol–water partition coefficient (Wildman–Crippen LogP) is 0.823. The molecule has 0 saturated carbocycles. The highest BCUT2D eigenvalue weighted by atomic mass is 35.5. The molecule has 1 fully saturated rings. The summed E-state index contributed by atoms with van der Waals surface area (Å²) in [6.45, 7) is 7.64. The first-order valence-corrected chi connectivity index (χ1v) is 7.93. The van der Waals surface area contributed by atoms with Gasteiger partial charge in [-0.3, -0.25) is 9.69 Å². The number of aromatic nitrogens is 1. The number of hydrogen-bond acceptors (Lipinski definition) is 5. The fraction of sp³-hybridized carbons (Fsp3) is 0.625. The molecule has 0 aromatic carbocycles. The van der Waals surface area contributed by atoms with Crippen LogP contribution in [0.25, 0.3) is 0 Å². The van der Waals surface area contributed by atoms with Crippen LogP contribution in [0, 0.1) is 0 Å². The van der Waals surface area contributed by atoms with E-state index in [4.69, 9.17) is 0 Å². The van der Waals surface area contributed by atoms with Crippen LogP contribution in [0.4, 0.5) is 5.82 Å². The number of amides is 1. The molecular weight excluding hydrogens is 314 g/mol. The Morgan fingerprint density at radius 3 is 2.57 bits per heavy atom. The van der Waals surface area contributed by atoms with Crippen molar-refractivity contribution in [2.75, 3.05) is 58.3 Å². The van der Waals surface area contributed by atoms with Crippen LogP contribution in [0.15, 0.2) is 18.3 Å². The molecule has 130 valence electrons. The Kier molecular flexibility index (Phi) is 8.30. The smallest absolute Gasteiger partial charge is 0.236 e. The van der Waals surface area contributed by atoms with Crippen molar-refractivity contribution in [3.63, 3.8) is 0 Å². The molecule has 1 aromatic heterocycles. The molecular formula is C16H28ClN5O. The standard InChI is InChI=1S/C16H27N5O.ClH/c1-4-20(3)15-6-5-14(11-18-15)12-19(2)13-16(22)21-9-7-17-8-10-21;/h5-6,11,17H,4,7-10,12-13H2,1-3H3;1H. The molecule has 0 spiro atoms. The molecule has 2 rings (SSSR count). The number of nitrogens with one attached hydrogen (secondary N) is 1. The Bertz CT molecular complexity index is 476. The second-order valence-corrected chi connectivity index (χ2v) is 5.84. The van der Waals surface area contributed by atoms with Gasteiger partial charge in [0.2, 0.25) is 5.91 Å². The summed E-state index contributed by atoms with van der Waals surface area (Å²) >= 11 is 0. The lowest BCUT2D eigenvalue weighted by atomic mass is 10.2. The van der Waals surface area contributed by atoms with Crippen molar-refractivity contribution in [1.29, 1.82) is 0 Å². The highest BCUT2D eigenvalue weighted by molar-refractivity contribution is 5.85. The molecule has 23 heavy (non-hydrogen) atoms. The Hall–Kier alpha value is -1.37. The quantitative estimate of drug-likeness (QED) is 0.830. The molecule has 7 heteroatoms. The van der Waals surface area contributed by atoms with Gasteiger partial charge in [-0.25, -0.2) is 4.98 Å². The van der Waals surface area contributed by atoms with Crippen LogP contribution in [-0.4, -0.2) is 74.1 Å². The van der Waals surface area contributed by atoms with Gasteiger partial charge < -0.3 is 15.1 Å². The maximum atomic E-state index is 12.2. The van der Waals surface area contributed by atoms with Crippen LogP contribution in [-0.2, 0) is 11.3 Å². The molecule has 6 nitrogen and oxygen atoms in total. The van der Waals surface area contributed by atoms with Crippen molar-refractivity contribution in [1.82, 2.24) is 20.1 Å². The van der Waals surface area contributed by atoms with Crippen LogP contribution >= 0.6 is 12.4 Å². The number of pyridine rings is 1. The average molecular weight is 342 g/mol. The number of piperazine rings is 1. The van der Waals surface area contributed by atoms with E-state index in [1.807, 2.05) is 36.2 Å². The first kappa shape index (κ1) is 19.7. The van der Waals surface area contributed by atoms with Gasteiger partial charge in [0.15, 0.2) is 0 Å². The normalized spacial score (nSPS) is 14.5. The summed E-state index contributed by atoms with van der Waals surface area (Å²) in [5, 5.41) is 3.26. The van der Waals surface area contributed by atoms with E-state index in [-0.39, 0.29) is 18.3 Å². The lowest BCUT2D eigenvalue weighted by molar-refractivity contribution is -0.132. The molecule has 1 N–H and O–H groups in total. The van der Waals surface area contributed by atoms with Gasteiger partial charge in [-0.2, -0.15) is 0 Å². The van der Waals surface area contributed by atoms with Crippen LogP contribution in [0.1, 0.15) is 12.5 Å². The minimum absolute atomic E-state index is 0. The molecule has 0 unspecified atom stereocenters. The van der Waals surface area contributed by atoms with E-state index in [0.717, 1.165) is 50.6 Å². The highest BCUT2D eigenvalue weighted by Crippen LogP contribution is 2.10. The third-order valence-electron chi connectivity index (χ3n) is 4.00. The third kappa shape index (κ3) is 5.97. The van der Waals surface area contributed by atoms with E-state index >= 15 is 0 Å². The number of halogens is 1. The molecule has 1 amide bonds.